The highest BCUT2D eigenvalue weighted by Gasteiger charge is 2.58. The molecule has 2 aromatic carbocycles. The molecule has 1 aromatic heterocycles. The summed E-state index contributed by atoms with van der Waals surface area (Å²) in [4.78, 5) is 13.1. The molecule has 3 heteroatoms. The third kappa shape index (κ3) is 2.94. The van der Waals surface area contributed by atoms with Crippen LogP contribution in [0.25, 0.3) is 0 Å². The molecule has 0 saturated heterocycles. The minimum Gasteiger partial charge on any atom is -0.321 e. The van der Waals surface area contributed by atoms with Gasteiger partial charge in [0.25, 0.3) is 5.91 Å². The molecule has 7 rings (SSSR count). The molecule has 152 valence electrons. The van der Waals surface area contributed by atoms with Gasteiger partial charge in [-0.1, -0.05) is 48.5 Å². The standard InChI is InChI=1S/C27H27NOS/c29-25(24-7-4-12-30-24)28-23-10-8-22(9-11-23)27-16-19-13-20(17-27)15-26(14-19,18-27)21-5-2-1-3-6-21/h1-12,19-20H,13-18H2,(H,28,29)/t19-,20-,26?,27?/m1/s1. The average Bonchev–Trinajstić information content (AvgIpc) is 3.29. The molecule has 4 aliphatic rings. The summed E-state index contributed by atoms with van der Waals surface area (Å²) < 4.78 is 0. The van der Waals surface area contributed by atoms with Crippen LogP contribution in [0.2, 0.25) is 0 Å². The summed E-state index contributed by atoms with van der Waals surface area (Å²) >= 11 is 1.48. The Kier molecular flexibility index (Phi) is 4.18. The van der Waals surface area contributed by atoms with E-state index in [1.165, 1.54) is 55.4 Å². The molecule has 4 bridgehead atoms. The molecule has 2 atom stereocenters. The van der Waals surface area contributed by atoms with Crippen LogP contribution in [0.1, 0.15) is 59.3 Å². The lowest BCUT2D eigenvalue weighted by Crippen LogP contribution is -2.55. The molecule has 4 aliphatic carbocycles. The van der Waals surface area contributed by atoms with Gasteiger partial charge in [-0.3, -0.25) is 4.79 Å². The lowest BCUT2D eigenvalue weighted by Gasteiger charge is -2.62. The highest BCUT2D eigenvalue weighted by Crippen LogP contribution is 2.66. The topological polar surface area (TPSA) is 29.1 Å². The van der Waals surface area contributed by atoms with Gasteiger partial charge in [0.05, 0.1) is 4.88 Å². The van der Waals surface area contributed by atoms with Crippen molar-refractivity contribution in [3.63, 3.8) is 0 Å². The van der Waals surface area contributed by atoms with Crippen LogP contribution in [0, 0.1) is 11.8 Å². The first-order chi connectivity index (χ1) is 14.6. The lowest BCUT2D eigenvalue weighted by atomic mass is 9.42. The van der Waals surface area contributed by atoms with E-state index in [0.717, 1.165) is 22.4 Å². The molecule has 4 saturated carbocycles. The number of hydrogen-bond acceptors (Lipinski definition) is 2. The normalized spacial score (nSPS) is 31.6. The Bertz CT molecular complexity index is 1040. The molecule has 3 aromatic rings. The second-order valence-corrected chi connectivity index (χ2v) is 10.8. The molecule has 0 radical (unpaired) electrons. The molecule has 1 heterocycles. The van der Waals surface area contributed by atoms with Crippen molar-refractivity contribution < 1.29 is 4.79 Å². The Balaban J connectivity index is 1.29. The zero-order valence-electron chi connectivity index (χ0n) is 17.1. The van der Waals surface area contributed by atoms with Crippen LogP contribution in [0.4, 0.5) is 5.69 Å². The van der Waals surface area contributed by atoms with E-state index in [2.05, 4.69) is 59.9 Å². The summed E-state index contributed by atoms with van der Waals surface area (Å²) in [5.41, 5.74) is 4.59. The minimum atomic E-state index is -0.0180. The molecule has 30 heavy (non-hydrogen) atoms. The molecular formula is C27H27NOS. The van der Waals surface area contributed by atoms with Gasteiger partial charge >= 0.3 is 0 Å². The van der Waals surface area contributed by atoms with E-state index in [4.69, 9.17) is 0 Å². The van der Waals surface area contributed by atoms with E-state index in [1.807, 2.05) is 17.5 Å². The van der Waals surface area contributed by atoms with E-state index < -0.39 is 0 Å². The van der Waals surface area contributed by atoms with E-state index >= 15 is 0 Å². The van der Waals surface area contributed by atoms with Crippen molar-refractivity contribution >= 4 is 22.9 Å². The van der Waals surface area contributed by atoms with Gasteiger partial charge < -0.3 is 5.32 Å². The van der Waals surface area contributed by atoms with Crippen molar-refractivity contribution in [3.05, 3.63) is 88.1 Å². The van der Waals surface area contributed by atoms with E-state index in [9.17, 15) is 4.79 Å². The molecule has 2 nitrogen and oxygen atoms in total. The van der Waals surface area contributed by atoms with Crippen molar-refractivity contribution in [3.8, 4) is 0 Å². The maximum atomic E-state index is 12.4. The quantitative estimate of drug-likeness (QED) is 0.501. The maximum Gasteiger partial charge on any atom is 0.265 e. The van der Waals surface area contributed by atoms with Gasteiger partial charge in [0.2, 0.25) is 0 Å². The maximum absolute atomic E-state index is 12.4. The Labute approximate surface area is 182 Å². The highest BCUT2D eigenvalue weighted by atomic mass is 32.1. The van der Waals surface area contributed by atoms with Crippen molar-refractivity contribution in [2.75, 3.05) is 5.32 Å². The smallest absolute Gasteiger partial charge is 0.265 e. The molecule has 4 fully saturated rings. The molecule has 0 aliphatic heterocycles. The summed E-state index contributed by atoms with van der Waals surface area (Å²) in [6.07, 6.45) is 8.09. The average molecular weight is 414 g/mol. The van der Waals surface area contributed by atoms with E-state index in [-0.39, 0.29) is 5.91 Å². The van der Waals surface area contributed by atoms with Gasteiger partial charge in [-0.15, -0.1) is 11.3 Å². The predicted molar refractivity (Wildman–Crippen MR) is 123 cm³/mol. The summed E-state index contributed by atoms with van der Waals surface area (Å²) in [6.45, 7) is 0. The van der Waals surface area contributed by atoms with Crippen LogP contribution in [-0.4, -0.2) is 5.91 Å². The number of anilines is 1. The number of carbonyl (C=O) groups excluding carboxylic acids is 1. The second kappa shape index (κ2) is 6.81. The van der Waals surface area contributed by atoms with Crippen LogP contribution < -0.4 is 5.32 Å². The summed E-state index contributed by atoms with van der Waals surface area (Å²) in [5.74, 6) is 1.69. The van der Waals surface area contributed by atoms with Crippen LogP contribution in [-0.2, 0) is 10.8 Å². The highest BCUT2D eigenvalue weighted by molar-refractivity contribution is 7.12. The van der Waals surface area contributed by atoms with Gasteiger partial charge in [-0.05, 0) is 95.9 Å². The van der Waals surface area contributed by atoms with Crippen molar-refractivity contribution in [1.29, 1.82) is 0 Å². The fraction of sp³-hybridized carbons (Fsp3) is 0.370. The Morgan fingerprint density at radius 1 is 0.800 bits per heavy atom. The number of amides is 1. The molecule has 0 unspecified atom stereocenters. The number of hydrogen-bond donors (Lipinski definition) is 1. The van der Waals surface area contributed by atoms with Gasteiger partial charge in [0, 0.05) is 5.69 Å². The third-order valence-electron chi connectivity index (χ3n) is 7.95. The summed E-state index contributed by atoms with van der Waals surface area (Å²) in [5, 5.41) is 4.99. The number of benzene rings is 2. The minimum absolute atomic E-state index is 0.0180. The Morgan fingerprint density at radius 2 is 1.43 bits per heavy atom. The first kappa shape index (κ1) is 18.4. The Hall–Kier alpha value is -2.39. The van der Waals surface area contributed by atoms with Gasteiger partial charge in [0.1, 0.15) is 0 Å². The molecule has 1 amide bonds. The van der Waals surface area contributed by atoms with E-state index in [1.54, 1.807) is 5.56 Å². The summed E-state index contributed by atoms with van der Waals surface area (Å²) in [6, 6.07) is 23.9. The second-order valence-electron chi connectivity index (χ2n) is 9.90. The lowest BCUT2D eigenvalue weighted by molar-refractivity contribution is -0.0281. The third-order valence-corrected chi connectivity index (χ3v) is 8.82. The van der Waals surface area contributed by atoms with Gasteiger partial charge in [-0.25, -0.2) is 0 Å². The van der Waals surface area contributed by atoms with Crippen molar-refractivity contribution in [2.45, 2.75) is 49.4 Å². The van der Waals surface area contributed by atoms with Gasteiger partial charge in [-0.2, -0.15) is 0 Å². The number of thiophene rings is 1. The van der Waals surface area contributed by atoms with E-state index in [0.29, 0.717) is 10.8 Å². The molecular weight excluding hydrogens is 386 g/mol. The van der Waals surface area contributed by atoms with Crippen LogP contribution >= 0.6 is 11.3 Å². The molecule has 1 N–H and O–H groups in total. The zero-order valence-corrected chi connectivity index (χ0v) is 18.0. The van der Waals surface area contributed by atoms with Crippen molar-refractivity contribution in [2.24, 2.45) is 11.8 Å². The Morgan fingerprint density at radius 3 is 2.03 bits per heavy atom. The molecule has 0 spiro atoms. The van der Waals surface area contributed by atoms with Crippen LogP contribution in [0.3, 0.4) is 0 Å². The number of rotatable bonds is 4. The van der Waals surface area contributed by atoms with Crippen LogP contribution in [0.5, 0.6) is 0 Å². The first-order valence-corrected chi connectivity index (χ1v) is 12.0. The zero-order chi connectivity index (χ0) is 20.2. The first-order valence-electron chi connectivity index (χ1n) is 11.2. The SMILES string of the molecule is O=C(Nc1ccc(C23C[C@@H]4C[C@H](CC(c5ccccc5)(C4)C2)C3)cc1)c1cccs1. The summed E-state index contributed by atoms with van der Waals surface area (Å²) in [7, 11) is 0. The fourth-order valence-electron chi connectivity index (χ4n) is 7.24. The largest absolute Gasteiger partial charge is 0.321 e. The number of nitrogens with one attached hydrogen (secondary N) is 1. The van der Waals surface area contributed by atoms with Gasteiger partial charge in [0.15, 0.2) is 0 Å². The number of carbonyl (C=O) groups is 1. The van der Waals surface area contributed by atoms with Crippen molar-refractivity contribution in [1.82, 2.24) is 0 Å². The van der Waals surface area contributed by atoms with Crippen LogP contribution in [0.15, 0.2) is 72.1 Å². The fourth-order valence-corrected chi connectivity index (χ4v) is 7.86. The monoisotopic (exact) mass is 413 g/mol. The predicted octanol–water partition coefficient (Wildman–Crippen LogP) is 6.79.